The highest BCUT2D eigenvalue weighted by Gasteiger charge is 2.19. The predicted octanol–water partition coefficient (Wildman–Crippen LogP) is 5.63. The third-order valence-corrected chi connectivity index (χ3v) is 6.44. The number of anilines is 4. The number of hydrogen-bond donors (Lipinski definition) is 3. The molecule has 4 aromatic carbocycles. The van der Waals surface area contributed by atoms with E-state index >= 15 is 0 Å². The van der Waals surface area contributed by atoms with E-state index in [1.54, 1.807) is 31.4 Å². The van der Waals surface area contributed by atoms with Crippen molar-refractivity contribution in [3.8, 4) is 5.75 Å². The number of hydrogen-bond acceptors (Lipinski definition) is 5. The molecule has 0 aliphatic carbocycles. The van der Waals surface area contributed by atoms with Crippen molar-refractivity contribution >= 4 is 38.7 Å². The number of benzene rings is 4. The second-order valence-corrected chi connectivity index (χ2v) is 9.17. The summed E-state index contributed by atoms with van der Waals surface area (Å²) in [6.45, 7) is 0. The van der Waals surface area contributed by atoms with Gasteiger partial charge in [0.1, 0.15) is 11.6 Å². The van der Waals surface area contributed by atoms with Crippen molar-refractivity contribution in [1.82, 2.24) is 0 Å². The highest BCUT2D eigenvalue weighted by Crippen LogP contribution is 2.24. The molecule has 0 fully saturated rings. The zero-order valence-electron chi connectivity index (χ0n) is 18.7. The number of amides is 1. The van der Waals surface area contributed by atoms with Crippen LogP contribution in [0.15, 0.2) is 102 Å². The Morgan fingerprint density at radius 3 is 1.97 bits per heavy atom. The molecule has 0 atom stereocenters. The Kier molecular flexibility index (Phi) is 6.98. The van der Waals surface area contributed by atoms with Crippen LogP contribution in [0.3, 0.4) is 0 Å². The monoisotopic (exact) mass is 491 g/mol. The van der Waals surface area contributed by atoms with Crippen LogP contribution in [0.5, 0.6) is 5.75 Å². The summed E-state index contributed by atoms with van der Waals surface area (Å²) in [4.78, 5) is 12.8. The van der Waals surface area contributed by atoms with E-state index in [4.69, 9.17) is 4.74 Å². The van der Waals surface area contributed by atoms with Crippen molar-refractivity contribution < 1.29 is 22.3 Å². The van der Waals surface area contributed by atoms with Gasteiger partial charge in [0.25, 0.3) is 15.9 Å². The summed E-state index contributed by atoms with van der Waals surface area (Å²) in [5.41, 5.74) is 2.47. The molecule has 0 aromatic heterocycles. The number of carbonyl (C=O) groups excluding carboxylic acids is 1. The number of methoxy groups -OCH3 is 1. The van der Waals surface area contributed by atoms with E-state index in [-0.39, 0.29) is 16.1 Å². The fraction of sp³-hybridized carbons (Fsp3) is 0.0385. The van der Waals surface area contributed by atoms with Crippen molar-refractivity contribution in [2.24, 2.45) is 0 Å². The summed E-state index contributed by atoms with van der Waals surface area (Å²) in [5, 5.41) is 6.02. The van der Waals surface area contributed by atoms with E-state index in [9.17, 15) is 17.6 Å². The summed E-state index contributed by atoms with van der Waals surface area (Å²) in [7, 11) is -2.41. The average Bonchev–Trinajstić information content (AvgIpc) is 2.86. The van der Waals surface area contributed by atoms with E-state index in [2.05, 4.69) is 15.4 Å². The van der Waals surface area contributed by atoms with Gasteiger partial charge < -0.3 is 15.4 Å². The molecule has 0 heterocycles. The molecule has 35 heavy (non-hydrogen) atoms. The first-order chi connectivity index (χ1) is 16.8. The highest BCUT2D eigenvalue weighted by molar-refractivity contribution is 7.92. The molecule has 0 spiro atoms. The van der Waals surface area contributed by atoms with Gasteiger partial charge in [0, 0.05) is 17.1 Å². The minimum Gasteiger partial charge on any atom is -0.497 e. The standard InChI is InChI=1S/C26H22FN3O4S/c1-34-22-14-12-20(13-15-22)28-19-8-10-21(11-9-19)29-26(31)24-4-2-3-5-25(24)30-35(32,33)23-16-6-18(27)7-17-23/h2-17,28,30H,1H3,(H,29,31). The van der Waals surface area contributed by atoms with Gasteiger partial charge in [-0.2, -0.15) is 0 Å². The minimum atomic E-state index is -4.01. The first-order valence-corrected chi connectivity index (χ1v) is 12.0. The molecule has 3 N–H and O–H groups in total. The molecule has 0 radical (unpaired) electrons. The molecule has 0 aliphatic heterocycles. The first kappa shape index (κ1) is 23.8. The summed E-state index contributed by atoms with van der Waals surface area (Å²) >= 11 is 0. The summed E-state index contributed by atoms with van der Waals surface area (Å²) in [6.07, 6.45) is 0. The fourth-order valence-electron chi connectivity index (χ4n) is 3.26. The van der Waals surface area contributed by atoms with E-state index in [0.717, 1.165) is 41.4 Å². The second kappa shape index (κ2) is 10.3. The van der Waals surface area contributed by atoms with Crippen LogP contribution in [-0.4, -0.2) is 21.4 Å². The molecular weight excluding hydrogens is 469 g/mol. The van der Waals surface area contributed by atoms with Crippen molar-refractivity contribution in [1.29, 1.82) is 0 Å². The van der Waals surface area contributed by atoms with Gasteiger partial charge in [-0.1, -0.05) is 12.1 Å². The molecule has 7 nitrogen and oxygen atoms in total. The maximum atomic E-state index is 13.2. The molecule has 9 heteroatoms. The average molecular weight is 492 g/mol. The maximum Gasteiger partial charge on any atom is 0.261 e. The number of para-hydroxylation sites is 1. The predicted molar refractivity (Wildman–Crippen MR) is 134 cm³/mol. The molecule has 4 rings (SSSR count). The lowest BCUT2D eigenvalue weighted by molar-refractivity contribution is 0.102. The van der Waals surface area contributed by atoms with Gasteiger partial charge in [-0.3, -0.25) is 9.52 Å². The summed E-state index contributed by atoms with van der Waals surface area (Å²) < 4.78 is 46.1. The van der Waals surface area contributed by atoms with Gasteiger partial charge >= 0.3 is 0 Å². The molecule has 1 amide bonds. The Balaban J connectivity index is 1.46. The zero-order valence-corrected chi connectivity index (χ0v) is 19.5. The summed E-state index contributed by atoms with van der Waals surface area (Å²) in [6, 6.07) is 25.2. The molecule has 0 saturated heterocycles. The van der Waals surface area contributed by atoms with Crippen LogP contribution in [0.1, 0.15) is 10.4 Å². The zero-order chi connectivity index (χ0) is 24.8. The Hall–Kier alpha value is -4.37. The minimum absolute atomic E-state index is 0.104. The van der Waals surface area contributed by atoms with E-state index < -0.39 is 21.7 Å². The van der Waals surface area contributed by atoms with Crippen LogP contribution in [-0.2, 0) is 10.0 Å². The van der Waals surface area contributed by atoms with Crippen LogP contribution in [0, 0.1) is 5.82 Å². The van der Waals surface area contributed by atoms with Gasteiger partial charge in [0.2, 0.25) is 0 Å². The molecule has 0 saturated carbocycles. The van der Waals surface area contributed by atoms with Crippen molar-refractivity contribution in [2.75, 3.05) is 22.5 Å². The first-order valence-electron chi connectivity index (χ1n) is 10.5. The van der Waals surface area contributed by atoms with E-state index in [1.165, 1.54) is 12.1 Å². The lowest BCUT2D eigenvalue weighted by Gasteiger charge is -2.13. The van der Waals surface area contributed by atoms with Crippen LogP contribution >= 0.6 is 0 Å². The number of halogens is 1. The largest absolute Gasteiger partial charge is 0.497 e. The highest BCUT2D eigenvalue weighted by atomic mass is 32.2. The smallest absolute Gasteiger partial charge is 0.261 e. The normalized spacial score (nSPS) is 10.9. The Labute approximate surface area is 202 Å². The molecular formula is C26H22FN3O4S. The molecule has 4 aromatic rings. The topological polar surface area (TPSA) is 96.5 Å². The van der Waals surface area contributed by atoms with Crippen molar-refractivity contribution in [3.05, 3.63) is 108 Å². The third kappa shape index (κ3) is 5.96. The van der Waals surface area contributed by atoms with Crippen LogP contribution in [0.4, 0.5) is 27.1 Å². The Morgan fingerprint density at radius 2 is 1.34 bits per heavy atom. The number of sulfonamides is 1. The molecule has 178 valence electrons. The SMILES string of the molecule is COc1ccc(Nc2ccc(NC(=O)c3ccccc3NS(=O)(=O)c3ccc(F)cc3)cc2)cc1. The van der Waals surface area contributed by atoms with Gasteiger partial charge in [0.05, 0.1) is 23.3 Å². The van der Waals surface area contributed by atoms with Crippen molar-refractivity contribution in [3.63, 3.8) is 0 Å². The number of carbonyl (C=O) groups is 1. The van der Waals surface area contributed by atoms with Crippen molar-refractivity contribution in [2.45, 2.75) is 4.90 Å². The van der Waals surface area contributed by atoms with Gasteiger partial charge in [0.15, 0.2) is 0 Å². The van der Waals surface area contributed by atoms with Gasteiger partial charge in [-0.15, -0.1) is 0 Å². The Bertz CT molecular complexity index is 1420. The van der Waals surface area contributed by atoms with E-state index in [0.29, 0.717) is 5.69 Å². The second-order valence-electron chi connectivity index (χ2n) is 7.49. The molecule has 0 unspecified atom stereocenters. The summed E-state index contributed by atoms with van der Waals surface area (Å²) in [5.74, 6) is -0.277. The number of rotatable bonds is 8. The number of ether oxygens (including phenoxy) is 1. The molecule has 0 bridgehead atoms. The maximum absolute atomic E-state index is 13.2. The molecule has 0 aliphatic rings. The van der Waals surface area contributed by atoms with Crippen LogP contribution in [0.2, 0.25) is 0 Å². The van der Waals surface area contributed by atoms with Gasteiger partial charge in [-0.05, 0) is 84.9 Å². The Morgan fingerprint density at radius 1 is 0.771 bits per heavy atom. The van der Waals surface area contributed by atoms with Crippen LogP contribution in [0.25, 0.3) is 0 Å². The van der Waals surface area contributed by atoms with E-state index in [1.807, 2.05) is 36.4 Å². The van der Waals surface area contributed by atoms with Gasteiger partial charge in [-0.25, -0.2) is 12.8 Å². The quantitative estimate of drug-likeness (QED) is 0.297. The number of nitrogens with one attached hydrogen (secondary N) is 3. The lowest BCUT2D eigenvalue weighted by atomic mass is 10.1. The third-order valence-electron chi connectivity index (χ3n) is 5.06. The fourth-order valence-corrected chi connectivity index (χ4v) is 4.34. The lowest BCUT2D eigenvalue weighted by Crippen LogP contribution is -2.18. The van der Waals surface area contributed by atoms with Crippen LogP contribution < -0.4 is 20.1 Å².